The van der Waals surface area contributed by atoms with Crippen molar-refractivity contribution >= 4 is 32.9 Å². The summed E-state index contributed by atoms with van der Waals surface area (Å²) >= 11 is 4.91. The van der Waals surface area contributed by atoms with E-state index in [0.717, 1.165) is 11.3 Å². The Balaban J connectivity index is 2.60. The topological polar surface area (TPSA) is 85.1 Å². The van der Waals surface area contributed by atoms with Crippen LogP contribution in [0.3, 0.4) is 0 Å². The Bertz CT molecular complexity index is 541. The van der Waals surface area contributed by atoms with Crippen molar-refractivity contribution in [3.63, 3.8) is 0 Å². The van der Waals surface area contributed by atoms with Gasteiger partial charge in [0, 0.05) is 24.1 Å². The zero-order valence-corrected chi connectivity index (χ0v) is 12.1. The third-order valence-electron chi connectivity index (χ3n) is 2.24. The fourth-order valence-corrected chi connectivity index (χ4v) is 2.24. The SMILES string of the molecule is Cc1cc(C(N)=S)cc(NCCCS(C)(=O)=O)n1. The summed E-state index contributed by atoms with van der Waals surface area (Å²) < 4.78 is 21.9. The molecule has 0 amide bonds. The van der Waals surface area contributed by atoms with Crippen LogP contribution in [0.4, 0.5) is 5.82 Å². The summed E-state index contributed by atoms with van der Waals surface area (Å²) in [5.41, 5.74) is 7.12. The van der Waals surface area contributed by atoms with Crippen molar-refractivity contribution in [2.24, 2.45) is 5.73 Å². The van der Waals surface area contributed by atoms with Crippen LogP contribution >= 0.6 is 12.2 Å². The first kappa shape index (κ1) is 14.8. The highest BCUT2D eigenvalue weighted by Crippen LogP contribution is 2.10. The van der Waals surface area contributed by atoms with Gasteiger partial charge in [-0.15, -0.1) is 0 Å². The highest BCUT2D eigenvalue weighted by atomic mass is 32.2. The number of rotatable bonds is 6. The van der Waals surface area contributed by atoms with Gasteiger partial charge in [0.15, 0.2) is 0 Å². The molecule has 0 aliphatic carbocycles. The molecule has 1 aromatic heterocycles. The molecule has 0 saturated carbocycles. The van der Waals surface area contributed by atoms with Crippen molar-refractivity contribution in [3.05, 3.63) is 23.4 Å². The van der Waals surface area contributed by atoms with E-state index in [-0.39, 0.29) is 5.75 Å². The van der Waals surface area contributed by atoms with Gasteiger partial charge < -0.3 is 11.1 Å². The van der Waals surface area contributed by atoms with Crippen LogP contribution in [0.15, 0.2) is 12.1 Å². The van der Waals surface area contributed by atoms with Crippen LogP contribution < -0.4 is 11.1 Å². The van der Waals surface area contributed by atoms with E-state index in [2.05, 4.69) is 10.3 Å². The summed E-state index contributed by atoms with van der Waals surface area (Å²) in [6.45, 7) is 2.39. The normalized spacial score (nSPS) is 11.2. The van der Waals surface area contributed by atoms with Gasteiger partial charge in [-0.05, 0) is 25.5 Å². The monoisotopic (exact) mass is 287 g/mol. The first-order chi connectivity index (χ1) is 8.28. The summed E-state index contributed by atoms with van der Waals surface area (Å²) in [5, 5.41) is 3.06. The molecule has 1 heterocycles. The zero-order chi connectivity index (χ0) is 13.8. The van der Waals surface area contributed by atoms with E-state index in [0.29, 0.717) is 23.8 Å². The Morgan fingerprint density at radius 3 is 2.72 bits per heavy atom. The third kappa shape index (κ3) is 5.42. The van der Waals surface area contributed by atoms with Crippen LogP contribution in [0.2, 0.25) is 0 Å². The minimum absolute atomic E-state index is 0.161. The summed E-state index contributed by atoms with van der Waals surface area (Å²) in [4.78, 5) is 4.59. The van der Waals surface area contributed by atoms with Crippen LogP contribution in [0.25, 0.3) is 0 Å². The number of aryl methyl sites for hydroxylation is 1. The molecule has 1 aromatic rings. The number of nitrogens with one attached hydrogen (secondary N) is 1. The number of nitrogens with zero attached hydrogens (tertiary/aromatic N) is 1. The van der Waals surface area contributed by atoms with Crippen molar-refractivity contribution in [2.75, 3.05) is 23.9 Å². The Kier molecular flexibility index (Phi) is 5.03. The quantitative estimate of drug-likeness (QED) is 0.596. The predicted octanol–water partition coefficient (Wildman–Crippen LogP) is 0.871. The molecule has 0 aliphatic heterocycles. The predicted molar refractivity (Wildman–Crippen MR) is 77.7 cm³/mol. The Hall–Kier alpha value is -1.21. The van der Waals surface area contributed by atoms with Crippen molar-refractivity contribution in [1.82, 2.24) is 4.98 Å². The number of hydrogen-bond acceptors (Lipinski definition) is 5. The van der Waals surface area contributed by atoms with Gasteiger partial charge in [0.05, 0.1) is 5.75 Å². The van der Waals surface area contributed by atoms with Crippen molar-refractivity contribution in [2.45, 2.75) is 13.3 Å². The largest absolute Gasteiger partial charge is 0.389 e. The lowest BCUT2D eigenvalue weighted by Gasteiger charge is -2.08. The van der Waals surface area contributed by atoms with E-state index in [1.54, 1.807) is 6.07 Å². The highest BCUT2D eigenvalue weighted by Gasteiger charge is 2.04. The molecule has 0 aliphatic rings. The fraction of sp³-hybridized carbons (Fsp3) is 0.455. The third-order valence-corrected chi connectivity index (χ3v) is 3.50. The summed E-state index contributed by atoms with van der Waals surface area (Å²) in [7, 11) is -2.91. The molecule has 0 unspecified atom stereocenters. The Morgan fingerprint density at radius 2 is 2.17 bits per heavy atom. The minimum Gasteiger partial charge on any atom is -0.389 e. The second-order valence-electron chi connectivity index (χ2n) is 4.16. The van der Waals surface area contributed by atoms with Crippen LogP contribution in [0, 0.1) is 6.92 Å². The molecule has 0 fully saturated rings. The lowest BCUT2D eigenvalue weighted by atomic mass is 10.2. The van der Waals surface area contributed by atoms with Gasteiger partial charge in [-0.3, -0.25) is 0 Å². The number of anilines is 1. The second-order valence-corrected chi connectivity index (χ2v) is 6.86. The van der Waals surface area contributed by atoms with Gasteiger partial charge in [-0.25, -0.2) is 13.4 Å². The van der Waals surface area contributed by atoms with Gasteiger partial charge in [0.25, 0.3) is 0 Å². The van der Waals surface area contributed by atoms with E-state index in [1.807, 2.05) is 13.0 Å². The van der Waals surface area contributed by atoms with E-state index < -0.39 is 9.84 Å². The van der Waals surface area contributed by atoms with Crippen molar-refractivity contribution in [1.29, 1.82) is 0 Å². The molecule has 3 N–H and O–H groups in total. The molecule has 7 heteroatoms. The highest BCUT2D eigenvalue weighted by molar-refractivity contribution is 7.90. The maximum absolute atomic E-state index is 11.0. The number of hydrogen-bond donors (Lipinski definition) is 2. The zero-order valence-electron chi connectivity index (χ0n) is 10.4. The van der Waals surface area contributed by atoms with E-state index in [9.17, 15) is 8.42 Å². The van der Waals surface area contributed by atoms with Crippen molar-refractivity contribution in [3.8, 4) is 0 Å². The molecule has 0 radical (unpaired) electrons. The van der Waals surface area contributed by atoms with E-state index in [1.165, 1.54) is 6.26 Å². The molecular weight excluding hydrogens is 270 g/mol. The molecule has 0 bridgehead atoms. The van der Waals surface area contributed by atoms with Gasteiger partial charge in [-0.1, -0.05) is 12.2 Å². The lowest BCUT2D eigenvalue weighted by molar-refractivity contribution is 0.600. The fourth-order valence-electron chi connectivity index (χ4n) is 1.45. The lowest BCUT2D eigenvalue weighted by Crippen LogP contribution is -2.13. The van der Waals surface area contributed by atoms with Crippen LogP contribution in [0.1, 0.15) is 17.7 Å². The maximum Gasteiger partial charge on any atom is 0.147 e. The average Bonchev–Trinajstić information content (AvgIpc) is 2.22. The molecule has 0 spiro atoms. The van der Waals surface area contributed by atoms with Gasteiger partial charge >= 0.3 is 0 Å². The van der Waals surface area contributed by atoms with E-state index in [4.69, 9.17) is 18.0 Å². The molecule has 0 saturated heterocycles. The minimum atomic E-state index is -2.91. The van der Waals surface area contributed by atoms with Crippen LogP contribution in [-0.2, 0) is 9.84 Å². The Labute approximate surface area is 113 Å². The standard InChI is InChI=1S/C11H17N3O2S2/c1-8-6-9(11(12)17)7-10(14-8)13-4-3-5-18(2,15)16/h6-7H,3-5H2,1-2H3,(H2,12,17)(H,13,14). The summed E-state index contributed by atoms with van der Waals surface area (Å²) in [6, 6.07) is 3.57. The molecular formula is C11H17N3O2S2. The molecule has 0 aromatic carbocycles. The first-order valence-electron chi connectivity index (χ1n) is 5.48. The van der Waals surface area contributed by atoms with Crippen LogP contribution in [0.5, 0.6) is 0 Å². The number of aromatic nitrogens is 1. The van der Waals surface area contributed by atoms with Gasteiger partial charge in [-0.2, -0.15) is 0 Å². The molecule has 18 heavy (non-hydrogen) atoms. The summed E-state index contributed by atoms with van der Waals surface area (Å²) in [6.07, 6.45) is 1.76. The molecule has 100 valence electrons. The molecule has 5 nitrogen and oxygen atoms in total. The van der Waals surface area contributed by atoms with Crippen LogP contribution in [-0.4, -0.2) is 36.9 Å². The number of nitrogens with two attached hydrogens (primary N) is 1. The van der Waals surface area contributed by atoms with Gasteiger partial charge in [0.2, 0.25) is 0 Å². The van der Waals surface area contributed by atoms with Gasteiger partial charge in [0.1, 0.15) is 20.6 Å². The second kappa shape index (κ2) is 6.10. The average molecular weight is 287 g/mol. The number of sulfone groups is 1. The van der Waals surface area contributed by atoms with Crippen molar-refractivity contribution < 1.29 is 8.42 Å². The smallest absolute Gasteiger partial charge is 0.147 e. The number of thiocarbonyl (C=S) groups is 1. The maximum atomic E-state index is 11.0. The molecule has 1 rings (SSSR count). The molecule has 0 atom stereocenters. The Morgan fingerprint density at radius 1 is 1.50 bits per heavy atom. The number of pyridine rings is 1. The van der Waals surface area contributed by atoms with E-state index >= 15 is 0 Å². The first-order valence-corrected chi connectivity index (χ1v) is 7.95. The summed E-state index contributed by atoms with van der Waals surface area (Å²) in [5.74, 6) is 0.819.